The summed E-state index contributed by atoms with van der Waals surface area (Å²) in [5, 5.41) is 0. The first-order valence-corrected chi connectivity index (χ1v) is 5.58. The summed E-state index contributed by atoms with van der Waals surface area (Å²) in [4.78, 5) is 14.0. The minimum absolute atomic E-state index is 0.178. The molecule has 1 atom stereocenters. The van der Waals surface area contributed by atoms with Crippen LogP contribution in [0.3, 0.4) is 0 Å². The van der Waals surface area contributed by atoms with Crippen molar-refractivity contribution >= 4 is 5.78 Å². The maximum absolute atomic E-state index is 11.8. The molecule has 2 rings (SSSR count). The number of ether oxygens (including phenoxy) is 1. The molecule has 1 saturated carbocycles. The quantitative estimate of drug-likeness (QED) is 0.675. The van der Waals surface area contributed by atoms with Gasteiger partial charge < -0.3 is 4.74 Å². The lowest BCUT2D eigenvalue weighted by molar-refractivity contribution is -0.124. The first kappa shape index (κ1) is 10.1. The van der Waals surface area contributed by atoms with Crippen LogP contribution in [0.1, 0.15) is 25.7 Å². The van der Waals surface area contributed by atoms with Gasteiger partial charge in [0, 0.05) is 18.6 Å². The number of likely N-dealkylation sites (N-methyl/N-ethyl adjacent to an activating group) is 1. The summed E-state index contributed by atoms with van der Waals surface area (Å²) in [7, 11) is 2.07. The zero-order chi connectivity index (χ0) is 9.97. The third kappa shape index (κ3) is 2.15. The summed E-state index contributed by atoms with van der Waals surface area (Å²) in [6, 6.07) is 0.668. The maximum Gasteiger partial charge on any atom is 0.152 e. The van der Waals surface area contributed by atoms with Crippen molar-refractivity contribution in [3.05, 3.63) is 0 Å². The Kier molecular flexibility index (Phi) is 3.19. The molecule has 1 aliphatic carbocycles. The molecule has 0 aromatic rings. The van der Waals surface area contributed by atoms with Gasteiger partial charge in [-0.2, -0.15) is 0 Å². The molecule has 0 aromatic heterocycles. The van der Waals surface area contributed by atoms with E-state index in [2.05, 4.69) is 11.9 Å². The van der Waals surface area contributed by atoms with E-state index in [1.54, 1.807) is 0 Å². The molecule has 3 heteroatoms. The van der Waals surface area contributed by atoms with Crippen LogP contribution in [-0.2, 0) is 9.53 Å². The predicted molar refractivity (Wildman–Crippen MR) is 54.2 cm³/mol. The number of ketones is 1. The fourth-order valence-corrected chi connectivity index (χ4v) is 2.12. The van der Waals surface area contributed by atoms with Crippen molar-refractivity contribution in [1.29, 1.82) is 0 Å². The molecule has 3 nitrogen and oxygen atoms in total. The highest BCUT2D eigenvalue weighted by Crippen LogP contribution is 2.24. The van der Waals surface area contributed by atoms with Crippen molar-refractivity contribution in [2.45, 2.75) is 31.7 Å². The standard InChI is InChI=1S/C11H19NO2/c1-12(10-3-2-4-10)7-11(13)9-5-6-14-8-9/h9-10H,2-8H2,1H3. The summed E-state index contributed by atoms with van der Waals surface area (Å²) in [5.41, 5.74) is 0. The van der Waals surface area contributed by atoms with E-state index in [1.165, 1.54) is 19.3 Å². The van der Waals surface area contributed by atoms with Crippen LogP contribution in [-0.4, -0.2) is 43.5 Å². The smallest absolute Gasteiger partial charge is 0.152 e. The van der Waals surface area contributed by atoms with Gasteiger partial charge in [0.25, 0.3) is 0 Å². The van der Waals surface area contributed by atoms with Crippen molar-refractivity contribution in [3.63, 3.8) is 0 Å². The minimum Gasteiger partial charge on any atom is -0.381 e. The Balaban J connectivity index is 1.75. The van der Waals surface area contributed by atoms with Gasteiger partial charge in [-0.15, -0.1) is 0 Å². The van der Waals surface area contributed by atoms with Gasteiger partial charge in [0.2, 0.25) is 0 Å². The zero-order valence-electron chi connectivity index (χ0n) is 8.87. The summed E-state index contributed by atoms with van der Waals surface area (Å²) >= 11 is 0. The van der Waals surface area contributed by atoms with E-state index in [0.717, 1.165) is 13.0 Å². The van der Waals surface area contributed by atoms with Gasteiger partial charge in [-0.1, -0.05) is 6.42 Å². The summed E-state index contributed by atoms with van der Waals surface area (Å²) in [6.45, 7) is 2.04. The first-order valence-electron chi connectivity index (χ1n) is 5.58. The number of nitrogens with zero attached hydrogens (tertiary/aromatic N) is 1. The molecule has 14 heavy (non-hydrogen) atoms. The fraction of sp³-hybridized carbons (Fsp3) is 0.909. The van der Waals surface area contributed by atoms with Gasteiger partial charge in [-0.3, -0.25) is 9.69 Å². The highest BCUT2D eigenvalue weighted by molar-refractivity contribution is 5.83. The van der Waals surface area contributed by atoms with Crippen molar-refractivity contribution in [1.82, 2.24) is 4.90 Å². The van der Waals surface area contributed by atoms with E-state index in [9.17, 15) is 4.79 Å². The Bertz CT molecular complexity index is 207. The van der Waals surface area contributed by atoms with E-state index < -0.39 is 0 Å². The molecular weight excluding hydrogens is 178 g/mol. The van der Waals surface area contributed by atoms with Crippen LogP contribution < -0.4 is 0 Å². The summed E-state index contributed by atoms with van der Waals surface area (Å²) in [5.74, 6) is 0.550. The van der Waals surface area contributed by atoms with Crippen LogP contribution in [0.25, 0.3) is 0 Å². The van der Waals surface area contributed by atoms with Gasteiger partial charge in [0.05, 0.1) is 13.2 Å². The molecule has 0 aromatic carbocycles. The van der Waals surface area contributed by atoms with Gasteiger partial charge in [0.15, 0.2) is 5.78 Å². The Labute approximate surface area is 85.4 Å². The van der Waals surface area contributed by atoms with Gasteiger partial charge in [-0.25, -0.2) is 0 Å². The van der Waals surface area contributed by atoms with E-state index in [4.69, 9.17) is 4.74 Å². The monoisotopic (exact) mass is 197 g/mol. The lowest BCUT2D eigenvalue weighted by Crippen LogP contribution is -2.41. The van der Waals surface area contributed by atoms with Crippen LogP contribution in [0.2, 0.25) is 0 Å². The molecule has 1 aliphatic heterocycles. The number of Topliss-reactive ketones (excluding diaryl/α,β-unsaturated/α-hetero) is 1. The summed E-state index contributed by atoms with van der Waals surface area (Å²) < 4.78 is 5.22. The van der Waals surface area contributed by atoms with Crippen LogP contribution in [0.5, 0.6) is 0 Å². The molecule has 0 amide bonds. The maximum atomic E-state index is 11.8. The lowest BCUT2D eigenvalue weighted by atomic mass is 9.91. The molecule has 1 unspecified atom stereocenters. The second-order valence-electron chi connectivity index (χ2n) is 4.53. The molecule has 1 heterocycles. The highest BCUT2D eigenvalue weighted by atomic mass is 16.5. The fourth-order valence-electron chi connectivity index (χ4n) is 2.12. The molecule has 2 aliphatic rings. The summed E-state index contributed by atoms with van der Waals surface area (Å²) in [6.07, 6.45) is 4.79. The third-order valence-corrected chi connectivity index (χ3v) is 3.49. The van der Waals surface area contributed by atoms with Crippen LogP contribution in [0.4, 0.5) is 0 Å². The molecule has 2 fully saturated rings. The Morgan fingerprint density at radius 2 is 2.21 bits per heavy atom. The average Bonchev–Trinajstić information content (AvgIpc) is 2.51. The molecular formula is C11H19NO2. The normalized spacial score (nSPS) is 28.0. The Morgan fingerprint density at radius 3 is 2.71 bits per heavy atom. The second kappa shape index (κ2) is 4.41. The van der Waals surface area contributed by atoms with E-state index >= 15 is 0 Å². The van der Waals surface area contributed by atoms with Crippen molar-refractivity contribution in [2.24, 2.45) is 5.92 Å². The predicted octanol–water partition coefficient (Wildman–Crippen LogP) is 1.08. The molecule has 1 saturated heterocycles. The average molecular weight is 197 g/mol. The van der Waals surface area contributed by atoms with E-state index in [-0.39, 0.29) is 5.92 Å². The molecule has 0 radical (unpaired) electrons. The van der Waals surface area contributed by atoms with Gasteiger partial charge >= 0.3 is 0 Å². The number of carbonyl (C=O) groups is 1. The SMILES string of the molecule is CN(CC(=O)C1CCOC1)C1CCC1. The largest absolute Gasteiger partial charge is 0.381 e. The molecule has 0 N–H and O–H groups in total. The zero-order valence-corrected chi connectivity index (χ0v) is 8.87. The number of carbonyl (C=O) groups excluding carboxylic acids is 1. The third-order valence-electron chi connectivity index (χ3n) is 3.49. The van der Waals surface area contributed by atoms with Crippen molar-refractivity contribution < 1.29 is 9.53 Å². The van der Waals surface area contributed by atoms with E-state index in [1.807, 2.05) is 0 Å². The highest BCUT2D eigenvalue weighted by Gasteiger charge is 2.28. The number of hydrogen-bond acceptors (Lipinski definition) is 3. The van der Waals surface area contributed by atoms with Crippen molar-refractivity contribution in [3.8, 4) is 0 Å². The van der Waals surface area contributed by atoms with Crippen LogP contribution in [0, 0.1) is 5.92 Å². The Hall–Kier alpha value is -0.410. The van der Waals surface area contributed by atoms with Crippen LogP contribution in [0.15, 0.2) is 0 Å². The lowest BCUT2D eigenvalue weighted by Gasteiger charge is -2.34. The van der Waals surface area contributed by atoms with Gasteiger partial charge in [-0.05, 0) is 26.3 Å². The van der Waals surface area contributed by atoms with Crippen LogP contribution >= 0.6 is 0 Å². The number of rotatable bonds is 4. The second-order valence-corrected chi connectivity index (χ2v) is 4.53. The molecule has 80 valence electrons. The first-order chi connectivity index (χ1) is 6.77. The Morgan fingerprint density at radius 1 is 1.43 bits per heavy atom. The van der Waals surface area contributed by atoms with Gasteiger partial charge in [0.1, 0.15) is 0 Å². The topological polar surface area (TPSA) is 29.5 Å². The molecule has 0 spiro atoms. The van der Waals surface area contributed by atoms with E-state index in [0.29, 0.717) is 25.0 Å². The number of hydrogen-bond donors (Lipinski definition) is 0. The minimum atomic E-state index is 0.178. The van der Waals surface area contributed by atoms with Crippen molar-refractivity contribution in [2.75, 3.05) is 26.8 Å². The molecule has 0 bridgehead atoms.